The molecule has 0 bridgehead atoms. The van der Waals surface area contributed by atoms with Crippen LogP contribution in [0.2, 0.25) is 0 Å². The van der Waals surface area contributed by atoms with Crippen LogP contribution in [0.4, 0.5) is 4.39 Å². The second-order valence-corrected chi connectivity index (χ2v) is 9.60. The summed E-state index contributed by atoms with van der Waals surface area (Å²) in [4.78, 5) is 0. The van der Waals surface area contributed by atoms with E-state index < -0.39 is 0 Å². The highest BCUT2D eigenvalue weighted by atomic mass is 19.1. The molecule has 0 aliphatic heterocycles. The maximum Gasteiger partial charge on any atom is 0.123 e. The van der Waals surface area contributed by atoms with Crippen molar-refractivity contribution < 1.29 is 4.39 Å². The van der Waals surface area contributed by atoms with Crippen LogP contribution in [0.1, 0.15) is 96.0 Å². The minimum atomic E-state index is -0.144. The molecule has 1 aromatic rings. The Kier molecular flexibility index (Phi) is 9.09. The fourth-order valence-electron chi connectivity index (χ4n) is 5.66. The molecule has 1 heteroatoms. The fourth-order valence-corrected chi connectivity index (χ4v) is 5.66. The van der Waals surface area contributed by atoms with Gasteiger partial charge in [0.1, 0.15) is 5.82 Å². The largest absolute Gasteiger partial charge is 0.207 e. The Morgan fingerprint density at radius 2 is 1.39 bits per heavy atom. The van der Waals surface area contributed by atoms with Crippen molar-refractivity contribution in [2.24, 2.45) is 23.7 Å². The third kappa shape index (κ3) is 7.05. The quantitative estimate of drug-likeness (QED) is 0.296. The van der Waals surface area contributed by atoms with Gasteiger partial charge in [0.15, 0.2) is 0 Å². The molecule has 0 amide bonds. The van der Waals surface area contributed by atoms with Crippen LogP contribution in [-0.2, 0) is 6.42 Å². The van der Waals surface area contributed by atoms with Crippen LogP contribution in [0.15, 0.2) is 36.4 Å². The summed E-state index contributed by atoms with van der Waals surface area (Å²) >= 11 is 0. The van der Waals surface area contributed by atoms with Crippen LogP contribution in [0.3, 0.4) is 0 Å². The van der Waals surface area contributed by atoms with E-state index in [0.29, 0.717) is 0 Å². The predicted molar refractivity (Wildman–Crippen MR) is 119 cm³/mol. The number of benzene rings is 1. The lowest BCUT2D eigenvalue weighted by atomic mass is 9.68. The molecule has 0 atom stereocenters. The molecular weight excluding hydrogens is 343 g/mol. The molecule has 2 aliphatic rings. The van der Waals surface area contributed by atoms with Crippen LogP contribution in [0, 0.1) is 29.5 Å². The van der Waals surface area contributed by atoms with Crippen LogP contribution >= 0.6 is 0 Å². The zero-order valence-electron chi connectivity index (χ0n) is 18.1. The van der Waals surface area contributed by atoms with Gasteiger partial charge >= 0.3 is 0 Å². The maximum absolute atomic E-state index is 12.9. The maximum atomic E-state index is 12.9. The first kappa shape index (κ1) is 21.6. The summed E-state index contributed by atoms with van der Waals surface area (Å²) in [6.45, 7) is 2.31. The normalized spacial score (nSPS) is 28.6. The average molecular weight is 385 g/mol. The Morgan fingerprint density at radius 1 is 0.786 bits per heavy atom. The van der Waals surface area contributed by atoms with Gasteiger partial charge in [-0.2, -0.15) is 0 Å². The zero-order valence-corrected chi connectivity index (χ0v) is 18.1. The molecule has 3 rings (SSSR count). The molecule has 0 aromatic heterocycles. The minimum Gasteiger partial charge on any atom is -0.207 e. The highest BCUT2D eigenvalue weighted by Crippen LogP contribution is 2.42. The van der Waals surface area contributed by atoms with Crippen molar-refractivity contribution >= 4 is 0 Å². The molecule has 156 valence electrons. The highest BCUT2D eigenvalue weighted by Gasteiger charge is 2.30. The zero-order chi connectivity index (χ0) is 19.6. The number of hydrogen-bond donors (Lipinski definition) is 0. The van der Waals surface area contributed by atoms with Crippen molar-refractivity contribution in [1.29, 1.82) is 0 Å². The monoisotopic (exact) mass is 384 g/mol. The van der Waals surface area contributed by atoms with Crippen LogP contribution < -0.4 is 0 Å². The topological polar surface area (TPSA) is 0 Å². The smallest absolute Gasteiger partial charge is 0.123 e. The third-order valence-electron chi connectivity index (χ3n) is 7.57. The van der Waals surface area contributed by atoms with Crippen LogP contribution in [0.25, 0.3) is 0 Å². The lowest BCUT2D eigenvalue weighted by Crippen LogP contribution is -2.25. The molecule has 1 aromatic carbocycles. The summed E-state index contributed by atoms with van der Waals surface area (Å²) < 4.78 is 12.9. The van der Waals surface area contributed by atoms with E-state index in [9.17, 15) is 4.39 Å². The summed E-state index contributed by atoms with van der Waals surface area (Å²) in [6, 6.07) is 6.90. The van der Waals surface area contributed by atoms with Crippen LogP contribution in [0.5, 0.6) is 0 Å². The van der Waals surface area contributed by atoms with Gasteiger partial charge in [0.25, 0.3) is 0 Å². The van der Waals surface area contributed by atoms with E-state index in [1.165, 1.54) is 89.0 Å². The summed E-state index contributed by atoms with van der Waals surface area (Å²) in [5.41, 5.74) is 1.20. The molecule has 0 spiro atoms. The Bertz CT molecular complexity index is 556. The molecule has 0 unspecified atom stereocenters. The average Bonchev–Trinajstić information content (AvgIpc) is 2.74. The number of unbranched alkanes of at least 4 members (excludes halogenated alkanes) is 2. The molecule has 0 saturated heterocycles. The summed E-state index contributed by atoms with van der Waals surface area (Å²) in [5.74, 6) is 3.86. The van der Waals surface area contributed by atoms with Gasteiger partial charge in [-0.05, 0) is 92.7 Å². The van der Waals surface area contributed by atoms with E-state index in [0.717, 1.165) is 30.1 Å². The molecule has 0 N–H and O–H groups in total. The van der Waals surface area contributed by atoms with Crippen molar-refractivity contribution in [2.75, 3.05) is 0 Å². The van der Waals surface area contributed by atoms with E-state index in [2.05, 4.69) is 19.1 Å². The Morgan fingerprint density at radius 3 is 2.00 bits per heavy atom. The van der Waals surface area contributed by atoms with Crippen molar-refractivity contribution in [2.45, 2.75) is 96.8 Å². The van der Waals surface area contributed by atoms with Crippen molar-refractivity contribution in [1.82, 2.24) is 0 Å². The van der Waals surface area contributed by atoms with Crippen LogP contribution in [-0.4, -0.2) is 0 Å². The van der Waals surface area contributed by atoms with Gasteiger partial charge in [0.2, 0.25) is 0 Å². The second-order valence-electron chi connectivity index (χ2n) is 9.60. The Balaban J connectivity index is 1.29. The van der Waals surface area contributed by atoms with E-state index in [1.807, 2.05) is 12.1 Å². The molecule has 2 aliphatic carbocycles. The Hall–Kier alpha value is -1.11. The molecule has 2 fully saturated rings. The van der Waals surface area contributed by atoms with Gasteiger partial charge < -0.3 is 0 Å². The van der Waals surface area contributed by atoms with Gasteiger partial charge in [-0.1, -0.05) is 69.7 Å². The number of hydrogen-bond acceptors (Lipinski definition) is 0. The SMILES string of the molecule is CCCCCC1CCC(C2CCC(C/C=C\Cc3ccc(F)cc3)CC2)CC1. The molecule has 0 nitrogen and oxygen atoms in total. The summed E-state index contributed by atoms with van der Waals surface area (Å²) in [5, 5.41) is 0. The first-order chi connectivity index (χ1) is 13.7. The molecule has 2 saturated carbocycles. The summed E-state index contributed by atoms with van der Waals surface area (Å²) in [7, 11) is 0. The summed E-state index contributed by atoms with van der Waals surface area (Å²) in [6.07, 6.45) is 24.4. The first-order valence-electron chi connectivity index (χ1n) is 12.1. The Labute approximate surface area is 173 Å². The van der Waals surface area contributed by atoms with Crippen molar-refractivity contribution in [3.05, 3.63) is 47.8 Å². The van der Waals surface area contributed by atoms with Crippen molar-refractivity contribution in [3.8, 4) is 0 Å². The highest BCUT2D eigenvalue weighted by molar-refractivity contribution is 5.18. The lowest BCUT2D eigenvalue weighted by Gasteiger charge is -2.37. The van der Waals surface area contributed by atoms with E-state index >= 15 is 0 Å². The van der Waals surface area contributed by atoms with E-state index in [1.54, 1.807) is 12.1 Å². The predicted octanol–water partition coefficient (Wildman–Crippen LogP) is 8.51. The lowest BCUT2D eigenvalue weighted by molar-refractivity contribution is 0.143. The fraction of sp³-hybridized carbons (Fsp3) is 0.704. The van der Waals surface area contributed by atoms with Crippen molar-refractivity contribution in [3.63, 3.8) is 0 Å². The van der Waals surface area contributed by atoms with Gasteiger partial charge in [0.05, 0.1) is 0 Å². The number of allylic oxidation sites excluding steroid dienone is 2. The standard InChI is InChI=1S/C27H41F/c1-2-3-4-7-22-10-16-25(17-11-22)26-18-12-23(13-19-26)8-5-6-9-24-14-20-27(28)21-15-24/h5-6,14-15,20-23,25-26H,2-4,7-13,16-19H2,1H3/b6-5-. The molecule has 0 heterocycles. The van der Waals surface area contributed by atoms with E-state index in [-0.39, 0.29) is 5.82 Å². The minimum absolute atomic E-state index is 0.144. The molecule has 28 heavy (non-hydrogen) atoms. The van der Waals surface area contributed by atoms with Gasteiger partial charge in [-0.25, -0.2) is 4.39 Å². The van der Waals surface area contributed by atoms with Gasteiger partial charge in [-0.15, -0.1) is 0 Å². The second kappa shape index (κ2) is 11.8. The molecular formula is C27H41F. The number of halogens is 1. The van der Waals surface area contributed by atoms with Gasteiger partial charge in [-0.3, -0.25) is 0 Å². The van der Waals surface area contributed by atoms with Gasteiger partial charge in [0, 0.05) is 0 Å². The third-order valence-corrected chi connectivity index (χ3v) is 7.57. The molecule has 0 radical (unpaired) electrons. The first-order valence-corrected chi connectivity index (χ1v) is 12.1. The number of rotatable bonds is 9. The van der Waals surface area contributed by atoms with E-state index in [4.69, 9.17) is 0 Å².